The molecule has 0 spiro atoms. The van der Waals surface area contributed by atoms with Crippen molar-refractivity contribution in [1.82, 2.24) is 5.32 Å². The van der Waals surface area contributed by atoms with Crippen LogP contribution >= 0.6 is 0 Å². The van der Waals surface area contributed by atoms with Crippen LogP contribution < -0.4 is 5.32 Å². The molecule has 0 aliphatic heterocycles. The molecule has 0 saturated heterocycles. The molecule has 0 aromatic heterocycles. The number of hydrogen-bond donors (Lipinski definition) is 1. The molecule has 5 nitrogen and oxygen atoms in total. The Labute approximate surface area is 143 Å². The molecule has 0 unspecified atom stereocenters. The predicted molar refractivity (Wildman–Crippen MR) is 95.2 cm³/mol. The Morgan fingerprint density at radius 3 is 1.17 bits per heavy atom. The Kier molecular flexibility index (Phi) is 21.6. The number of ether oxygens (including phenoxy) is 4. The van der Waals surface area contributed by atoms with E-state index in [4.69, 9.17) is 18.9 Å². The Morgan fingerprint density at radius 1 is 0.478 bits per heavy atom. The van der Waals surface area contributed by atoms with Crippen LogP contribution in [0, 0.1) is 0 Å². The first kappa shape index (κ1) is 22.8. The van der Waals surface area contributed by atoms with Gasteiger partial charge in [0.15, 0.2) is 0 Å². The van der Waals surface area contributed by atoms with Crippen LogP contribution in [0.2, 0.25) is 0 Å². The van der Waals surface area contributed by atoms with E-state index < -0.39 is 0 Å². The molecule has 5 heteroatoms. The largest absolute Gasteiger partial charge is 0.381 e. The zero-order valence-electron chi connectivity index (χ0n) is 15.4. The first-order chi connectivity index (χ1) is 11.4. The minimum atomic E-state index is 0.768. The van der Waals surface area contributed by atoms with Crippen molar-refractivity contribution in [3.63, 3.8) is 0 Å². The van der Waals surface area contributed by atoms with Crippen LogP contribution in [0.5, 0.6) is 0 Å². The fraction of sp³-hybridized carbons (Fsp3) is 1.00. The van der Waals surface area contributed by atoms with Crippen molar-refractivity contribution in [1.29, 1.82) is 0 Å². The van der Waals surface area contributed by atoms with E-state index in [2.05, 4.69) is 19.2 Å². The summed E-state index contributed by atoms with van der Waals surface area (Å²) in [4.78, 5) is 0. The summed E-state index contributed by atoms with van der Waals surface area (Å²) < 4.78 is 22.0. The van der Waals surface area contributed by atoms with Crippen molar-refractivity contribution in [2.45, 2.75) is 52.4 Å². The van der Waals surface area contributed by atoms with E-state index in [1.54, 1.807) is 0 Å². The molecule has 0 heterocycles. The minimum absolute atomic E-state index is 0.768. The molecule has 1 N–H and O–H groups in total. The minimum Gasteiger partial charge on any atom is -0.381 e. The topological polar surface area (TPSA) is 49.0 Å². The number of rotatable bonds is 20. The highest BCUT2D eigenvalue weighted by atomic mass is 16.5. The maximum absolute atomic E-state index is 5.56. The molecule has 0 aromatic carbocycles. The molecular weight excluding hydrogens is 294 g/mol. The summed E-state index contributed by atoms with van der Waals surface area (Å²) in [5, 5.41) is 3.32. The molecule has 0 atom stereocenters. The Morgan fingerprint density at radius 2 is 0.826 bits per heavy atom. The van der Waals surface area contributed by atoms with Crippen molar-refractivity contribution in [2.24, 2.45) is 0 Å². The molecule has 23 heavy (non-hydrogen) atoms. The second-order valence-electron chi connectivity index (χ2n) is 5.61. The summed E-state index contributed by atoms with van der Waals surface area (Å²) in [5.74, 6) is 0. The lowest BCUT2D eigenvalue weighted by molar-refractivity contribution is 0.0968. The molecule has 0 rings (SSSR count). The van der Waals surface area contributed by atoms with E-state index in [0.29, 0.717) is 0 Å². The Balaban J connectivity index is 2.92. The maximum atomic E-state index is 5.56. The zero-order chi connectivity index (χ0) is 16.8. The van der Waals surface area contributed by atoms with Gasteiger partial charge in [-0.2, -0.15) is 0 Å². The van der Waals surface area contributed by atoms with Crippen LogP contribution in [-0.2, 0) is 18.9 Å². The van der Waals surface area contributed by atoms with E-state index in [-0.39, 0.29) is 0 Å². The first-order valence-corrected chi connectivity index (χ1v) is 9.43. The van der Waals surface area contributed by atoms with Crippen LogP contribution in [0.15, 0.2) is 0 Å². The van der Waals surface area contributed by atoms with Gasteiger partial charge in [-0.3, -0.25) is 0 Å². The van der Waals surface area contributed by atoms with Gasteiger partial charge in [0.1, 0.15) is 0 Å². The summed E-state index contributed by atoms with van der Waals surface area (Å²) in [6.45, 7) is 12.7. The predicted octanol–water partition coefficient (Wildman–Crippen LogP) is 3.02. The van der Waals surface area contributed by atoms with Gasteiger partial charge in [0.2, 0.25) is 0 Å². The van der Waals surface area contributed by atoms with Gasteiger partial charge in [0.05, 0.1) is 13.2 Å². The van der Waals surface area contributed by atoms with Gasteiger partial charge in [-0.1, -0.05) is 13.8 Å². The fourth-order valence-corrected chi connectivity index (χ4v) is 1.93. The normalized spacial score (nSPS) is 11.2. The smallest absolute Gasteiger partial charge is 0.0590 e. The fourth-order valence-electron chi connectivity index (χ4n) is 1.93. The lowest BCUT2D eigenvalue weighted by atomic mass is 10.3. The third-order valence-electron chi connectivity index (χ3n) is 3.20. The quantitative estimate of drug-likeness (QED) is 0.347. The lowest BCUT2D eigenvalue weighted by Crippen LogP contribution is -2.24. The maximum Gasteiger partial charge on any atom is 0.0590 e. The number of nitrogens with one attached hydrogen (secondary N) is 1. The molecule has 0 saturated carbocycles. The summed E-state index contributed by atoms with van der Waals surface area (Å²) in [7, 11) is 0. The zero-order valence-corrected chi connectivity index (χ0v) is 15.4. The van der Waals surface area contributed by atoms with Gasteiger partial charge >= 0.3 is 0 Å². The molecule has 0 aromatic rings. The highest BCUT2D eigenvalue weighted by Crippen LogP contribution is 1.93. The molecule has 0 aliphatic rings. The summed E-state index contributed by atoms with van der Waals surface area (Å²) >= 11 is 0. The third-order valence-corrected chi connectivity index (χ3v) is 3.20. The van der Waals surface area contributed by atoms with Crippen LogP contribution in [0.4, 0.5) is 0 Å². The average molecular weight is 334 g/mol. The van der Waals surface area contributed by atoms with Crippen LogP contribution in [0.1, 0.15) is 52.4 Å². The number of hydrogen-bond acceptors (Lipinski definition) is 5. The van der Waals surface area contributed by atoms with Crippen molar-refractivity contribution < 1.29 is 18.9 Å². The number of unbranched alkanes of at least 4 members (excludes halogenated alkanes) is 2. The van der Waals surface area contributed by atoms with Gasteiger partial charge in [-0.15, -0.1) is 0 Å². The molecular formula is C18H39NO4. The summed E-state index contributed by atoms with van der Waals surface area (Å²) in [5.41, 5.74) is 0. The van der Waals surface area contributed by atoms with Crippen LogP contribution in [0.25, 0.3) is 0 Å². The SMILES string of the molecule is CCCOCCCCOCCNCCOCCCCOCCC. The van der Waals surface area contributed by atoms with E-state index in [9.17, 15) is 0 Å². The second-order valence-corrected chi connectivity index (χ2v) is 5.61. The van der Waals surface area contributed by atoms with E-state index >= 15 is 0 Å². The third kappa shape index (κ3) is 21.8. The summed E-state index contributed by atoms with van der Waals surface area (Å²) in [6, 6.07) is 0. The standard InChI is InChI=1S/C18H39NO4/c1-3-11-20-13-5-7-15-22-17-9-19-10-18-23-16-8-6-14-21-12-4-2/h19H,3-18H2,1-2H3. The highest BCUT2D eigenvalue weighted by Gasteiger charge is 1.93. The monoisotopic (exact) mass is 333 g/mol. The lowest BCUT2D eigenvalue weighted by Gasteiger charge is -2.07. The van der Waals surface area contributed by atoms with E-state index in [1.807, 2.05) is 0 Å². The highest BCUT2D eigenvalue weighted by molar-refractivity contribution is 4.46. The second kappa shape index (κ2) is 21.8. The molecule has 0 bridgehead atoms. The molecule has 140 valence electrons. The van der Waals surface area contributed by atoms with Gasteiger partial charge in [-0.25, -0.2) is 0 Å². The molecule has 0 amide bonds. The van der Waals surface area contributed by atoms with Gasteiger partial charge in [0, 0.05) is 52.7 Å². The van der Waals surface area contributed by atoms with Crippen molar-refractivity contribution in [3.8, 4) is 0 Å². The first-order valence-electron chi connectivity index (χ1n) is 9.43. The van der Waals surface area contributed by atoms with Crippen LogP contribution in [-0.4, -0.2) is 65.9 Å². The Bertz CT molecular complexity index is 185. The van der Waals surface area contributed by atoms with Gasteiger partial charge < -0.3 is 24.3 Å². The van der Waals surface area contributed by atoms with E-state index in [1.165, 1.54) is 0 Å². The van der Waals surface area contributed by atoms with Crippen LogP contribution in [0.3, 0.4) is 0 Å². The summed E-state index contributed by atoms with van der Waals surface area (Å²) in [6.07, 6.45) is 6.53. The average Bonchev–Trinajstić information content (AvgIpc) is 2.57. The van der Waals surface area contributed by atoms with Crippen molar-refractivity contribution in [3.05, 3.63) is 0 Å². The van der Waals surface area contributed by atoms with Crippen molar-refractivity contribution in [2.75, 3.05) is 65.9 Å². The van der Waals surface area contributed by atoms with Gasteiger partial charge in [-0.05, 0) is 38.5 Å². The van der Waals surface area contributed by atoms with E-state index in [0.717, 1.165) is 104 Å². The van der Waals surface area contributed by atoms with Gasteiger partial charge in [0.25, 0.3) is 0 Å². The molecule has 0 fully saturated rings. The molecule has 0 radical (unpaired) electrons. The van der Waals surface area contributed by atoms with Crippen molar-refractivity contribution >= 4 is 0 Å². The Hall–Kier alpha value is -0.200. The molecule has 0 aliphatic carbocycles.